The molecule has 19 heavy (non-hydrogen) atoms. The molecule has 0 heterocycles. The van der Waals surface area contributed by atoms with E-state index in [1.807, 2.05) is 13.1 Å². The Balaban J connectivity index is 1.99. The van der Waals surface area contributed by atoms with E-state index < -0.39 is 6.10 Å². The summed E-state index contributed by atoms with van der Waals surface area (Å²) in [7, 11) is 2.02. The lowest BCUT2D eigenvalue weighted by Crippen LogP contribution is -2.39. The first-order valence-corrected chi connectivity index (χ1v) is 6.96. The Morgan fingerprint density at radius 1 is 1.32 bits per heavy atom. The van der Waals surface area contributed by atoms with Crippen LogP contribution < -0.4 is 5.73 Å². The molecule has 0 aromatic heterocycles. The molecule has 0 aliphatic heterocycles. The summed E-state index contributed by atoms with van der Waals surface area (Å²) in [5, 5.41) is 18.5. The lowest BCUT2D eigenvalue weighted by molar-refractivity contribution is 0.0522. The monoisotopic (exact) mass is 264 g/mol. The topological polar surface area (TPSA) is 69.7 Å². The lowest BCUT2D eigenvalue weighted by Gasteiger charge is -2.28. The molecule has 0 radical (unpaired) electrons. The molecule has 4 nitrogen and oxygen atoms in total. The van der Waals surface area contributed by atoms with E-state index in [1.54, 1.807) is 0 Å². The van der Waals surface area contributed by atoms with Crippen LogP contribution in [0, 0.1) is 0 Å². The smallest absolute Gasteiger partial charge is 0.0897 e. The van der Waals surface area contributed by atoms with Crippen LogP contribution in [-0.2, 0) is 12.8 Å². The van der Waals surface area contributed by atoms with Gasteiger partial charge in [-0.05, 0) is 56.0 Å². The summed E-state index contributed by atoms with van der Waals surface area (Å²) in [5.41, 5.74) is 9.43. The first-order chi connectivity index (χ1) is 9.10. The van der Waals surface area contributed by atoms with Crippen LogP contribution in [0.25, 0.3) is 0 Å². The summed E-state index contributed by atoms with van der Waals surface area (Å²) in [4.78, 5) is 2.16. The number of hydrogen-bond donors (Lipinski definition) is 3. The molecular formula is C15H24N2O2. The van der Waals surface area contributed by atoms with Crippen molar-refractivity contribution >= 4 is 5.69 Å². The van der Waals surface area contributed by atoms with Gasteiger partial charge in [0.25, 0.3) is 0 Å². The van der Waals surface area contributed by atoms with Gasteiger partial charge in [-0.15, -0.1) is 0 Å². The standard InChI is InChI=1S/C15H24N2O2/c1-17(9-15(19)10-18)14-6-3-11-2-5-13(16)8-12(11)4-7-14/h2,5,8,14-15,18-19H,3-4,6-7,9-10,16H2,1H3/t14?,15-/m1/s1. The molecule has 0 saturated heterocycles. The predicted octanol–water partition coefficient (Wildman–Crippen LogP) is 0.801. The van der Waals surface area contributed by atoms with Crippen molar-refractivity contribution in [2.24, 2.45) is 0 Å². The SMILES string of the molecule is CN(C[C@@H](O)CO)C1CCc2ccc(N)cc2CC1. The highest BCUT2D eigenvalue weighted by atomic mass is 16.3. The van der Waals surface area contributed by atoms with Gasteiger partial charge in [0.2, 0.25) is 0 Å². The summed E-state index contributed by atoms with van der Waals surface area (Å²) in [5.74, 6) is 0. The Morgan fingerprint density at radius 3 is 2.68 bits per heavy atom. The Bertz CT molecular complexity index is 423. The van der Waals surface area contributed by atoms with Crippen LogP contribution in [0.3, 0.4) is 0 Å². The van der Waals surface area contributed by atoms with Crippen LogP contribution in [0.15, 0.2) is 18.2 Å². The molecule has 1 aromatic carbocycles. The van der Waals surface area contributed by atoms with Gasteiger partial charge >= 0.3 is 0 Å². The van der Waals surface area contributed by atoms with Crippen molar-refractivity contribution in [1.29, 1.82) is 0 Å². The zero-order valence-corrected chi connectivity index (χ0v) is 11.5. The minimum absolute atomic E-state index is 0.173. The Kier molecular flexibility index (Phi) is 4.80. The number of hydrogen-bond acceptors (Lipinski definition) is 4. The normalized spacial score (nSPS) is 20.9. The summed E-state index contributed by atoms with van der Waals surface area (Å²) < 4.78 is 0. The number of fused-ring (bicyclic) bond motifs is 1. The van der Waals surface area contributed by atoms with E-state index in [0.717, 1.165) is 31.4 Å². The average Bonchev–Trinajstić information content (AvgIpc) is 2.60. The van der Waals surface area contributed by atoms with Crippen molar-refractivity contribution in [2.75, 3.05) is 25.9 Å². The molecule has 0 bridgehead atoms. The van der Waals surface area contributed by atoms with Crippen LogP contribution in [0.2, 0.25) is 0 Å². The number of nitrogen functional groups attached to an aromatic ring is 1. The second kappa shape index (κ2) is 6.37. The molecule has 2 atom stereocenters. The zero-order chi connectivity index (χ0) is 13.8. The Hall–Kier alpha value is -1.10. The molecule has 1 unspecified atom stereocenters. The second-order valence-electron chi connectivity index (χ2n) is 5.54. The molecule has 0 spiro atoms. The Morgan fingerprint density at radius 2 is 2.00 bits per heavy atom. The van der Waals surface area contributed by atoms with Gasteiger partial charge in [0.1, 0.15) is 0 Å². The number of rotatable bonds is 4. The maximum atomic E-state index is 9.53. The van der Waals surface area contributed by atoms with Gasteiger partial charge in [0, 0.05) is 18.3 Å². The fraction of sp³-hybridized carbons (Fsp3) is 0.600. The van der Waals surface area contributed by atoms with E-state index in [1.165, 1.54) is 11.1 Å². The van der Waals surface area contributed by atoms with Gasteiger partial charge in [-0.2, -0.15) is 0 Å². The van der Waals surface area contributed by atoms with Crippen LogP contribution in [0.5, 0.6) is 0 Å². The number of aryl methyl sites for hydroxylation is 2. The van der Waals surface area contributed by atoms with Crippen LogP contribution in [-0.4, -0.2) is 47.5 Å². The van der Waals surface area contributed by atoms with Crippen LogP contribution in [0.1, 0.15) is 24.0 Å². The molecule has 0 saturated carbocycles. The van der Waals surface area contributed by atoms with Crippen molar-refractivity contribution in [2.45, 2.75) is 37.8 Å². The van der Waals surface area contributed by atoms with Crippen molar-refractivity contribution in [3.8, 4) is 0 Å². The third-order valence-corrected chi connectivity index (χ3v) is 4.06. The van der Waals surface area contributed by atoms with Gasteiger partial charge in [-0.1, -0.05) is 6.07 Å². The molecular weight excluding hydrogens is 240 g/mol. The quantitative estimate of drug-likeness (QED) is 0.556. The number of aliphatic hydroxyl groups is 2. The number of anilines is 1. The largest absolute Gasteiger partial charge is 0.399 e. The highest BCUT2D eigenvalue weighted by Crippen LogP contribution is 2.25. The van der Waals surface area contributed by atoms with Gasteiger partial charge in [0.15, 0.2) is 0 Å². The molecule has 1 aromatic rings. The van der Waals surface area contributed by atoms with E-state index in [0.29, 0.717) is 12.6 Å². The number of likely N-dealkylation sites (N-methyl/N-ethyl adjacent to an activating group) is 1. The van der Waals surface area contributed by atoms with Crippen molar-refractivity contribution < 1.29 is 10.2 Å². The highest BCUT2D eigenvalue weighted by molar-refractivity contribution is 5.45. The summed E-state index contributed by atoms with van der Waals surface area (Å²) in [6.45, 7) is 0.355. The average molecular weight is 264 g/mol. The van der Waals surface area contributed by atoms with Gasteiger partial charge in [-0.25, -0.2) is 0 Å². The van der Waals surface area contributed by atoms with E-state index >= 15 is 0 Å². The molecule has 106 valence electrons. The number of aliphatic hydroxyl groups excluding tert-OH is 2. The van der Waals surface area contributed by atoms with Crippen molar-refractivity contribution in [1.82, 2.24) is 4.90 Å². The summed E-state index contributed by atoms with van der Waals surface area (Å²) in [6, 6.07) is 6.64. The highest BCUT2D eigenvalue weighted by Gasteiger charge is 2.21. The Labute approximate surface area is 114 Å². The van der Waals surface area contributed by atoms with Crippen molar-refractivity contribution in [3.63, 3.8) is 0 Å². The summed E-state index contributed by atoms with van der Waals surface area (Å²) >= 11 is 0. The maximum absolute atomic E-state index is 9.53. The second-order valence-corrected chi connectivity index (χ2v) is 5.54. The minimum Gasteiger partial charge on any atom is -0.399 e. The van der Waals surface area contributed by atoms with E-state index in [-0.39, 0.29) is 6.61 Å². The van der Waals surface area contributed by atoms with E-state index in [9.17, 15) is 5.11 Å². The lowest BCUT2D eigenvalue weighted by atomic mass is 10.0. The molecule has 0 fully saturated rings. The first-order valence-electron chi connectivity index (χ1n) is 6.96. The molecule has 0 amide bonds. The number of nitrogens with zero attached hydrogens (tertiary/aromatic N) is 1. The van der Waals surface area contributed by atoms with E-state index in [4.69, 9.17) is 10.8 Å². The third-order valence-electron chi connectivity index (χ3n) is 4.06. The van der Waals surface area contributed by atoms with E-state index in [2.05, 4.69) is 17.0 Å². The fourth-order valence-corrected chi connectivity index (χ4v) is 2.89. The zero-order valence-electron chi connectivity index (χ0n) is 11.5. The maximum Gasteiger partial charge on any atom is 0.0897 e. The van der Waals surface area contributed by atoms with Crippen LogP contribution >= 0.6 is 0 Å². The number of nitrogens with two attached hydrogens (primary N) is 1. The molecule has 2 rings (SSSR count). The van der Waals surface area contributed by atoms with Crippen molar-refractivity contribution in [3.05, 3.63) is 29.3 Å². The van der Waals surface area contributed by atoms with Gasteiger partial charge < -0.3 is 20.8 Å². The number of benzene rings is 1. The summed E-state index contributed by atoms with van der Waals surface area (Å²) in [6.07, 6.45) is 3.60. The van der Waals surface area contributed by atoms with Gasteiger partial charge in [-0.3, -0.25) is 0 Å². The van der Waals surface area contributed by atoms with Crippen LogP contribution in [0.4, 0.5) is 5.69 Å². The first kappa shape index (κ1) is 14.3. The molecule has 4 heteroatoms. The third kappa shape index (κ3) is 3.69. The minimum atomic E-state index is -0.647. The molecule has 4 N–H and O–H groups in total. The van der Waals surface area contributed by atoms with Gasteiger partial charge in [0.05, 0.1) is 12.7 Å². The molecule has 1 aliphatic carbocycles. The fourth-order valence-electron chi connectivity index (χ4n) is 2.89. The predicted molar refractivity (Wildman–Crippen MR) is 77.0 cm³/mol. The molecule has 1 aliphatic rings.